The molecule has 30 rings (SSSR count). The number of hydrogen-bond acceptors (Lipinski definition) is 6. The first-order valence-electron chi connectivity index (χ1n) is 49.5. The summed E-state index contributed by atoms with van der Waals surface area (Å²) in [5.74, 6) is 2.85. The fourth-order valence-corrected chi connectivity index (χ4v) is 22.9. The van der Waals surface area contributed by atoms with Crippen molar-refractivity contribution in [1.82, 2.24) is 38.2 Å². The van der Waals surface area contributed by atoms with Gasteiger partial charge in [-0.15, -0.1) is 0 Å². The highest BCUT2D eigenvalue weighted by Crippen LogP contribution is 2.54. The second-order valence-electron chi connectivity index (χ2n) is 38.2. The average molecular weight is 1850 g/mol. The van der Waals surface area contributed by atoms with Gasteiger partial charge in [0.05, 0.1) is 49.5 Å². The third kappa shape index (κ3) is 13.9. The lowest BCUT2D eigenvalue weighted by molar-refractivity contribution is 0.661. The van der Waals surface area contributed by atoms with E-state index in [1.54, 1.807) is 0 Å². The zero-order chi connectivity index (χ0) is 95.9. The van der Waals surface area contributed by atoms with Crippen LogP contribution in [0.2, 0.25) is 0 Å². The Morgan fingerprint density at radius 1 is 0.200 bits per heavy atom. The summed E-state index contributed by atoms with van der Waals surface area (Å²) in [7, 11) is 0. The summed E-state index contributed by atoms with van der Waals surface area (Å²) >= 11 is 0. The van der Waals surface area contributed by atoms with Crippen molar-refractivity contribution >= 4 is 142 Å². The molecule has 680 valence electrons. The molecule has 145 heavy (non-hydrogen) atoms. The number of para-hydroxylation sites is 8. The van der Waals surface area contributed by atoms with E-state index >= 15 is 0 Å². The van der Waals surface area contributed by atoms with Crippen molar-refractivity contribution in [2.45, 2.75) is 19.3 Å². The summed E-state index contributed by atoms with van der Waals surface area (Å²) in [6, 6.07) is 177. The minimum Gasteiger partial charge on any atom is -0.456 e. The predicted molar refractivity (Wildman–Crippen MR) is 601 cm³/mol. The molecule has 0 N–H and O–H groups in total. The number of furan rings is 2. The highest BCUT2D eigenvalue weighted by atomic mass is 16.3. The summed E-state index contributed by atoms with van der Waals surface area (Å²) in [4.78, 5) is 20.1. The summed E-state index contributed by atoms with van der Waals surface area (Å²) < 4.78 is 22.3. The second-order valence-corrected chi connectivity index (χ2v) is 38.2. The van der Waals surface area contributed by atoms with Gasteiger partial charge in [-0.25, -0.2) is 19.9 Å². The Morgan fingerprint density at radius 2 is 0.614 bits per heavy atom. The van der Waals surface area contributed by atoms with Crippen molar-refractivity contribution in [1.29, 1.82) is 0 Å². The molecule has 1 aliphatic rings. The number of nitrogens with zero attached hydrogens (tertiary/aromatic N) is 8. The van der Waals surface area contributed by atoms with Gasteiger partial charge in [0, 0.05) is 104 Å². The Morgan fingerprint density at radius 3 is 1.21 bits per heavy atom. The molecule has 22 aromatic carbocycles. The first-order chi connectivity index (χ1) is 71.7. The second kappa shape index (κ2) is 34.1. The molecule has 29 aromatic rings. The maximum atomic E-state index is 6.47. The van der Waals surface area contributed by atoms with Gasteiger partial charge in [-0.05, 0) is 216 Å². The number of aromatic nitrogens is 8. The third-order valence-corrected chi connectivity index (χ3v) is 29.6. The van der Waals surface area contributed by atoms with Gasteiger partial charge in [0.1, 0.15) is 28.2 Å². The van der Waals surface area contributed by atoms with Crippen LogP contribution in [0.1, 0.15) is 25.0 Å². The normalized spacial score (nSPS) is 12.3. The number of hydrogen-bond donors (Lipinski definition) is 0. The van der Waals surface area contributed by atoms with Crippen LogP contribution in [0.5, 0.6) is 0 Å². The van der Waals surface area contributed by atoms with Crippen molar-refractivity contribution in [3.05, 3.63) is 509 Å². The van der Waals surface area contributed by atoms with Gasteiger partial charge in [-0.3, -0.25) is 4.57 Å². The number of benzene rings is 22. The minimum atomic E-state index is -0.145. The zero-order valence-corrected chi connectivity index (χ0v) is 79.2. The lowest BCUT2D eigenvalue weighted by Gasteiger charge is -2.21. The molecule has 1 aliphatic carbocycles. The molecule has 0 spiro atoms. The van der Waals surface area contributed by atoms with Gasteiger partial charge in [-0.2, -0.15) is 0 Å². The van der Waals surface area contributed by atoms with Gasteiger partial charge >= 0.3 is 0 Å². The maximum absolute atomic E-state index is 6.47. The van der Waals surface area contributed by atoms with E-state index < -0.39 is 0 Å². The molecule has 7 heterocycles. The van der Waals surface area contributed by atoms with Crippen LogP contribution < -0.4 is 0 Å². The summed E-state index contributed by atoms with van der Waals surface area (Å²) in [6.45, 7) is 4.68. The van der Waals surface area contributed by atoms with E-state index in [0.717, 1.165) is 122 Å². The van der Waals surface area contributed by atoms with Gasteiger partial charge < -0.3 is 22.5 Å². The van der Waals surface area contributed by atoms with E-state index in [1.807, 2.05) is 91.0 Å². The topological polar surface area (TPSA) is 97.6 Å². The predicted octanol–water partition coefficient (Wildman–Crippen LogP) is 35.6. The minimum absolute atomic E-state index is 0.145. The number of rotatable bonds is 12. The Balaban J connectivity index is 0.000000106. The lowest BCUT2D eigenvalue weighted by atomic mass is 9.82. The van der Waals surface area contributed by atoms with Crippen LogP contribution >= 0.6 is 0 Å². The van der Waals surface area contributed by atoms with Crippen molar-refractivity contribution in [3.63, 3.8) is 0 Å². The molecule has 0 unspecified atom stereocenters. The van der Waals surface area contributed by atoms with Crippen LogP contribution in [-0.4, -0.2) is 38.2 Å². The Bertz CT molecular complexity index is 10100. The molecule has 10 nitrogen and oxygen atoms in total. The summed E-state index contributed by atoms with van der Waals surface area (Å²) in [5, 5.41) is 17.0. The fourth-order valence-electron chi connectivity index (χ4n) is 22.9. The van der Waals surface area contributed by atoms with Crippen LogP contribution in [0.25, 0.3) is 266 Å². The van der Waals surface area contributed by atoms with E-state index in [0.29, 0.717) is 17.5 Å². The zero-order valence-electron chi connectivity index (χ0n) is 79.2. The van der Waals surface area contributed by atoms with Gasteiger partial charge in [0.25, 0.3) is 0 Å². The summed E-state index contributed by atoms with van der Waals surface area (Å²) in [5.41, 5.74) is 35.9. The highest BCUT2D eigenvalue weighted by molar-refractivity contribution is 6.26. The van der Waals surface area contributed by atoms with Crippen LogP contribution in [0.3, 0.4) is 0 Å². The van der Waals surface area contributed by atoms with E-state index in [9.17, 15) is 0 Å². The number of fused-ring (bicyclic) bond motifs is 22. The fraction of sp³-hybridized carbons (Fsp3) is 0.0222. The van der Waals surface area contributed by atoms with E-state index in [1.165, 1.54) is 137 Å². The van der Waals surface area contributed by atoms with Crippen LogP contribution in [0, 0.1) is 0 Å². The summed E-state index contributed by atoms with van der Waals surface area (Å²) in [6.07, 6.45) is 0. The third-order valence-electron chi connectivity index (χ3n) is 29.6. The van der Waals surface area contributed by atoms with Crippen LogP contribution in [0.4, 0.5) is 0 Å². The molecule has 0 saturated carbocycles. The quantitative estimate of drug-likeness (QED) is 0.113. The molecule has 0 aliphatic heterocycles. The molecular formula is C135H88N8O2. The van der Waals surface area contributed by atoms with Crippen LogP contribution in [0.15, 0.2) is 506 Å². The molecule has 0 bridgehead atoms. The molecule has 0 radical (unpaired) electrons. The smallest absolute Gasteiger partial charge is 0.164 e. The average Bonchev–Trinajstić information content (AvgIpc) is 1.54. The first-order valence-corrected chi connectivity index (χ1v) is 49.5. The first kappa shape index (κ1) is 84.0. The molecule has 7 aromatic heterocycles. The molecule has 0 amide bonds. The van der Waals surface area contributed by atoms with Gasteiger partial charge in [0.15, 0.2) is 17.5 Å². The molecular weight excluding hydrogens is 1770 g/mol. The Kier molecular flexibility index (Phi) is 19.8. The molecule has 0 fully saturated rings. The standard InChI is InChI=1S/C48H32N4O.C48H30N2O.C39H26N2/c1-48(2)38-22-11-9-20-33(38)36-27-37-34-24-25-42-43(35-21-10-12-23-41(35)53-42)44(34)52(40(37)28-39(36)48)32-19-13-18-31(26-32)47-50-45(29-14-5-3-6-15-29)49-46(51-47)30-16-7-4-8-17-30;1-2-11-34(12-3-1)49-43-18-7-4-13-37(43)41-29-32(23-27-45(41)49)33-24-28-46-42(30-33)38-14-5-8-19-44(38)50(46)35-25-21-31(22-26-35)36-16-10-17-40-39-15-6-9-20-47(39)51-48(36)40;1-3-13-27(14-4-1)37-31-17-7-9-19-33(31)38(34-20-10-8-18-32(34)37)28-23-25-30(26-24-28)41-36-22-12-11-21-35(36)40-39(41)29-15-5-2-6-16-29/h3-28H,1-2H3;1-30H;1-26H. The number of imidazole rings is 1. The molecule has 10 heteroatoms. The molecule has 0 saturated heterocycles. The van der Waals surface area contributed by atoms with Crippen molar-refractivity contribution in [2.24, 2.45) is 0 Å². The largest absolute Gasteiger partial charge is 0.456 e. The van der Waals surface area contributed by atoms with Gasteiger partial charge in [0.2, 0.25) is 0 Å². The van der Waals surface area contributed by atoms with E-state index in [4.69, 9.17) is 28.8 Å². The molecule has 0 atom stereocenters. The lowest BCUT2D eigenvalue weighted by Crippen LogP contribution is -2.14. The Hall–Kier alpha value is -19.2. The highest BCUT2D eigenvalue weighted by Gasteiger charge is 2.37. The SMILES string of the molecule is CC1(C)c2ccccc2-c2cc3c4ccc5oc6ccccc6c5c4n(-c4cccc(-c5nc(-c6ccccc6)nc(-c6ccccc6)n5)c4)c3cc21.c1ccc(-c2c3ccccc3c(-c3ccc(-n4c(-c5ccccc5)nc5ccccc54)cc3)c3ccccc23)cc1.c1ccc(-n2c3ccccc3c3cc(-c4ccc5c(c4)c4ccccc4n5-c4ccc(-c5cccc6c5oc5ccccc56)cc4)ccc32)cc1. The van der Waals surface area contributed by atoms with Crippen molar-refractivity contribution < 1.29 is 8.83 Å². The van der Waals surface area contributed by atoms with Crippen molar-refractivity contribution in [3.8, 4) is 124 Å². The Labute approximate surface area is 834 Å². The van der Waals surface area contributed by atoms with E-state index in [2.05, 4.69) is 439 Å². The van der Waals surface area contributed by atoms with Crippen LogP contribution in [-0.2, 0) is 5.41 Å². The van der Waals surface area contributed by atoms with E-state index in [-0.39, 0.29) is 5.41 Å². The van der Waals surface area contributed by atoms with Crippen molar-refractivity contribution in [2.75, 3.05) is 0 Å². The monoisotopic (exact) mass is 1850 g/mol. The van der Waals surface area contributed by atoms with Gasteiger partial charge in [-0.1, -0.05) is 378 Å². The maximum Gasteiger partial charge on any atom is 0.164 e.